The quantitative estimate of drug-likeness (QED) is 0.582. The Balaban J connectivity index is 1.67. The molecule has 0 aliphatic rings. The van der Waals surface area contributed by atoms with Gasteiger partial charge in [0, 0.05) is 35.4 Å². The number of nitrogens with zero attached hydrogens (tertiary/aromatic N) is 1. The maximum Gasteiger partial charge on any atom is 0.183 e. The van der Waals surface area contributed by atoms with Crippen LogP contribution in [0.3, 0.4) is 0 Å². The highest BCUT2D eigenvalue weighted by Crippen LogP contribution is 2.34. The molecule has 0 radical (unpaired) electrons. The molecule has 110 valence electrons. The summed E-state index contributed by atoms with van der Waals surface area (Å²) >= 11 is 1.73. The number of aromatic amines is 1. The molecule has 4 heteroatoms. The van der Waals surface area contributed by atoms with Gasteiger partial charge >= 0.3 is 0 Å². The average molecular weight is 299 g/mol. The number of nitrogens with one attached hydrogen (secondary N) is 2. The molecule has 3 aromatic rings. The fourth-order valence-corrected chi connectivity index (χ4v) is 3.38. The predicted molar refractivity (Wildman–Crippen MR) is 92.0 cm³/mol. The van der Waals surface area contributed by atoms with Crippen LogP contribution in [0.1, 0.15) is 32.6 Å². The first-order valence-corrected chi connectivity index (χ1v) is 8.46. The molecule has 0 aliphatic heterocycles. The minimum Gasteiger partial charge on any atom is -0.362 e. The first kappa shape index (κ1) is 14.1. The lowest BCUT2D eigenvalue weighted by molar-refractivity contribution is 0.685. The molecule has 0 bridgehead atoms. The normalized spacial score (nSPS) is 11.1. The molecule has 2 heterocycles. The summed E-state index contributed by atoms with van der Waals surface area (Å²) in [4.78, 5) is 9.02. The van der Waals surface area contributed by atoms with Crippen molar-refractivity contribution in [2.75, 3.05) is 11.9 Å². The van der Waals surface area contributed by atoms with Gasteiger partial charge in [0.05, 0.1) is 4.88 Å². The summed E-state index contributed by atoms with van der Waals surface area (Å²) in [6.45, 7) is 3.25. The maximum atomic E-state index is 4.49. The molecular formula is C17H21N3S. The highest BCUT2D eigenvalue weighted by molar-refractivity contribution is 7.19. The van der Waals surface area contributed by atoms with Gasteiger partial charge in [-0.05, 0) is 12.5 Å². The number of benzene rings is 1. The summed E-state index contributed by atoms with van der Waals surface area (Å²) in [7, 11) is 0. The molecule has 1 aromatic carbocycles. The van der Waals surface area contributed by atoms with Crippen molar-refractivity contribution in [3.05, 3.63) is 36.7 Å². The average Bonchev–Trinajstić information content (AvgIpc) is 3.13. The topological polar surface area (TPSA) is 40.7 Å². The third-order valence-corrected chi connectivity index (χ3v) is 4.66. The molecule has 0 aliphatic carbocycles. The molecule has 0 amide bonds. The number of hydrogen-bond acceptors (Lipinski definition) is 3. The van der Waals surface area contributed by atoms with Crippen LogP contribution in [0.15, 0.2) is 36.7 Å². The molecule has 2 aromatic heterocycles. The van der Waals surface area contributed by atoms with Gasteiger partial charge < -0.3 is 10.3 Å². The highest BCUT2D eigenvalue weighted by Gasteiger charge is 2.09. The lowest BCUT2D eigenvalue weighted by Crippen LogP contribution is -2.00. The van der Waals surface area contributed by atoms with Crippen LogP contribution in [-0.4, -0.2) is 16.5 Å². The third kappa shape index (κ3) is 3.27. The van der Waals surface area contributed by atoms with Crippen LogP contribution in [0, 0.1) is 0 Å². The highest BCUT2D eigenvalue weighted by atomic mass is 32.1. The molecule has 0 saturated heterocycles. The van der Waals surface area contributed by atoms with Crippen molar-refractivity contribution in [2.24, 2.45) is 0 Å². The second-order valence-electron chi connectivity index (χ2n) is 5.27. The number of H-pyrrole nitrogens is 1. The van der Waals surface area contributed by atoms with Gasteiger partial charge in [-0.3, -0.25) is 0 Å². The first-order valence-electron chi connectivity index (χ1n) is 7.64. The van der Waals surface area contributed by atoms with Gasteiger partial charge in [0.2, 0.25) is 0 Å². The second-order valence-corrected chi connectivity index (χ2v) is 6.30. The zero-order chi connectivity index (χ0) is 14.5. The van der Waals surface area contributed by atoms with E-state index in [9.17, 15) is 0 Å². The summed E-state index contributed by atoms with van der Waals surface area (Å²) in [5.74, 6) is 0. The Labute approximate surface area is 129 Å². The van der Waals surface area contributed by atoms with Gasteiger partial charge in [0.25, 0.3) is 0 Å². The maximum absolute atomic E-state index is 4.49. The molecule has 3 nitrogen and oxygen atoms in total. The summed E-state index contributed by atoms with van der Waals surface area (Å²) in [5.41, 5.74) is 2.41. The SMILES string of the molecule is CCCCCCNc1ncc(-c2c[nH]c3ccccc23)s1. The Hall–Kier alpha value is -1.81. The van der Waals surface area contributed by atoms with Crippen molar-refractivity contribution in [3.63, 3.8) is 0 Å². The monoisotopic (exact) mass is 299 g/mol. The van der Waals surface area contributed by atoms with Crippen molar-refractivity contribution < 1.29 is 0 Å². The first-order chi connectivity index (χ1) is 10.4. The number of aromatic nitrogens is 2. The predicted octanol–water partition coefficient (Wildman–Crippen LogP) is 5.28. The molecule has 21 heavy (non-hydrogen) atoms. The lowest BCUT2D eigenvalue weighted by atomic mass is 10.1. The van der Waals surface area contributed by atoms with E-state index >= 15 is 0 Å². The molecule has 0 fully saturated rings. The van der Waals surface area contributed by atoms with E-state index in [1.165, 1.54) is 47.0 Å². The van der Waals surface area contributed by atoms with E-state index in [0.29, 0.717) is 0 Å². The summed E-state index contributed by atoms with van der Waals surface area (Å²) in [6.07, 6.45) is 9.15. The zero-order valence-corrected chi connectivity index (χ0v) is 13.2. The van der Waals surface area contributed by atoms with Crippen LogP contribution in [0.25, 0.3) is 21.3 Å². The molecule has 0 spiro atoms. The van der Waals surface area contributed by atoms with E-state index in [0.717, 1.165) is 11.7 Å². The zero-order valence-electron chi connectivity index (χ0n) is 12.4. The van der Waals surface area contributed by atoms with E-state index in [1.807, 2.05) is 6.20 Å². The standard InChI is InChI=1S/C17H21N3S/c1-2-3-4-7-10-18-17-20-12-16(21-17)14-11-19-15-9-6-5-8-13(14)15/h5-6,8-9,11-12,19H,2-4,7,10H2,1H3,(H,18,20). The number of hydrogen-bond donors (Lipinski definition) is 2. The van der Waals surface area contributed by atoms with E-state index < -0.39 is 0 Å². The number of unbranched alkanes of at least 4 members (excludes halogenated alkanes) is 3. The van der Waals surface area contributed by atoms with E-state index in [4.69, 9.17) is 0 Å². The molecule has 2 N–H and O–H groups in total. The van der Waals surface area contributed by atoms with Crippen molar-refractivity contribution in [1.82, 2.24) is 9.97 Å². The Bertz CT molecular complexity index is 699. The number of rotatable bonds is 7. The van der Waals surface area contributed by atoms with Crippen molar-refractivity contribution in [2.45, 2.75) is 32.6 Å². The van der Waals surface area contributed by atoms with Gasteiger partial charge in [-0.25, -0.2) is 4.98 Å². The fourth-order valence-electron chi connectivity index (χ4n) is 2.50. The van der Waals surface area contributed by atoms with Gasteiger partial charge in [0.1, 0.15) is 0 Å². The minimum atomic E-state index is 1.01. The molecule has 0 unspecified atom stereocenters. The van der Waals surface area contributed by atoms with Crippen LogP contribution in [0.5, 0.6) is 0 Å². The fraction of sp³-hybridized carbons (Fsp3) is 0.353. The van der Waals surface area contributed by atoms with Crippen LogP contribution < -0.4 is 5.32 Å². The third-order valence-electron chi connectivity index (χ3n) is 3.67. The second kappa shape index (κ2) is 6.76. The Morgan fingerprint density at radius 1 is 1.19 bits per heavy atom. The van der Waals surface area contributed by atoms with Gasteiger partial charge in [0.15, 0.2) is 5.13 Å². The Morgan fingerprint density at radius 2 is 2.10 bits per heavy atom. The summed E-state index contributed by atoms with van der Waals surface area (Å²) in [6, 6.07) is 8.39. The molecular weight excluding hydrogens is 278 g/mol. The Kier molecular flexibility index (Phi) is 4.55. The minimum absolute atomic E-state index is 1.01. The summed E-state index contributed by atoms with van der Waals surface area (Å²) in [5, 5.41) is 5.71. The largest absolute Gasteiger partial charge is 0.362 e. The number of anilines is 1. The van der Waals surface area contributed by atoms with Crippen LogP contribution >= 0.6 is 11.3 Å². The molecule has 3 rings (SSSR count). The van der Waals surface area contributed by atoms with Crippen molar-refractivity contribution >= 4 is 27.4 Å². The van der Waals surface area contributed by atoms with Gasteiger partial charge in [-0.15, -0.1) is 0 Å². The summed E-state index contributed by atoms with van der Waals surface area (Å²) < 4.78 is 0. The van der Waals surface area contributed by atoms with Gasteiger partial charge in [-0.1, -0.05) is 55.7 Å². The number of para-hydroxylation sites is 1. The van der Waals surface area contributed by atoms with E-state index in [2.05, 4.69) is 52.7 Å². The molecule has 0 saturated carbocycles. The molecule has 0 atom stereocenters. The Morgan fingerprint density at radius 3 is 3.00 bits per heavy atom. The van der Waals surface area contributed by atoms with Crippen LogP contribution in [-0.2, 0) is 0 Å². The van der Waals surface area contributed by atoms with Crippen molar-refractivity contribution in [3.8, 4) is 10.4 Å². The van der Waals surface area contributed by atoms with Gasteiger partial charge in [-0.2, -0.15) is 0 Å². The van der Waals surface area contributed by atoms with Crippen LogP contribution in [0.2, 0.25) is 0 Å². The van der Waals surface area contributed by atoms with Crippen LogP contribution in [0.4, 0.5) is 5.13 Å². The lowest BCUT2D eigenvalue weighted by Gasteiger charge is -2.01. The number of fused-ring (bicyclic) bond motifs is 1. The smallest absolute Gasteiger partial charge is 0.183 e. The van der Waals surface area contributed by atoms with E-state index in [1.54, 1.807) is 11.3 Å². The number of thiazole rings is 1. The van der Waals surface area contributed by atoms with E-state index in [-0.39, 0.29) is 0 Å². The van der Waals surface area contributed by atoms with Crippen molar-refractivity contribution in [1.29, 1.82) is 0 Å².